The molecule has 2 atom stereocenters. The van der Waals surface area contributed by atoms with E-state index in [0.29, 0.717) is 92.9 Å². The molecule has 580 valence electrons. The third-order valence-electron chi connectivity index (χ3n) is 23.4. The number of imide groups is 2. The highest BCUT2D eigenvalue weighted by Gasteiger charge is 2.49. The van der Waals surface area contributed by atoms with E-state index in [1.54, 1.807) is 49.1 Å². The number of ether oxygens (including phenoxy) is 4. The summed E-state index contributed by atoms with van der Waals surface area (Å²) in [4.78, 5) is 122. The Hall–Kier alpha value is -10.9. The lowest BCUT2D eigenvalue weighted by Gasteiger charge is -2.40. The lowest BCUT2D eigenvalue weighted by molar-refractivity contribution is -0.139. The molecule has 0 spiro atoms. The Morgan fingerprint density at radius 1 is 0.393 bits per heavy atom. The zero-order valence-corrected chi connectivity index (χ0v) is 67.2. The van der Waals surface area contributed by atoms with Crippen molar-refractivity contribution in [1.29, 1.82) is 0 Å². The molecule has 18 nitrogen and oxygen atoms in total. The lowest BCUT2D eigenvalue weighted by atomic mass is 9.80. The highest BCUT2D eigenvalue weighted by Crippen LogP contribution is 2.59. The number of imidazole rings is 2. The largest absolute Gasteiger partial charge is 0.457 e. The number of hydrogen-bond donors (Lipinski definition) is 2. The molecule has 0 bridgehead atoms. The SMILES string of the molecule is CCCN(C(=O)C(Cc1ncc[nH]1)N1C(=O)c2cc(Oc3cc(C)cc(C(C)C)c3)c3c4c(Oc5cc(C)cc(C(C)C)c5)cc5c6c(cc(Oc7cc(C)cc(C(C)C)c7)c(c7c(Oc8cc(C)cc(C(C)C)c8)cc(c2c37)C1=O)c64)C(=O)N(C(Cc1ncc[nH]1)C(=O)N(CCC)C1CCCCC1)C5=O)C1CCCCC1. The van der Waals surface area contributed by atoms with Gasteiger partial charge in [0, 0.05) is 106 Å². The van der Waals surface area contributed by atoms with Crippen LogP contribution < -0.4 is 18.9 Å². The molecule has 2 aliphatic heterocycles. The maximum absolute atomic E-state index is 17.0. The summed E-state index contributed by atoms with van der Waals surface area (Å²) in [5.74, 6) is -0.226. The van der Waals surface area contributed by atoms with Crippen LogP contribution in [-0.2, 0) is 22.4 Å². The van der Waals surface area contributed by atoms with Crippen LogP contribution in [0.5, 0.6) is 46.0 Å². The van der Waals surface area contributed by atoms with Crippen molar-refractivity contribution in [3.05, 3.63) is 200 Å². The van der Waals surface area contributed by atoms with Crippen molar-refractivity contribution in [2.45, 2.75) is 235 Å². The molecule has 18 heteroatoms. The Labute approximate surface area is 656 Å². The molecule has 2 aliphatic carbocycles. The predicted octanol–water partition coefficient (Wildman–Crippen LogP) is 21.6. The Morgan fingerprint density at radius 3 is 0.911 bits per heavy atom. The monoisotopic (exact) mass is 1500 g/mol. The summed E-state index contributed by atoms with van der Waals surface area (Å²) in [5, 5.41) is 2.60. The molecule has 112 heavy (non-hydrogen) atoms. The first kappa shape index (κ1) is 76.5. The second-order valence-electron chi connectivity index (χ2n) is 33.2. The maximum atomic E-state index is 17.0. The van der Waals surface area contributed by atoms with Crippen molar-refractivity contribution in [2.24, 2.45) is 0 Å². The molecule has 6 amide bonds. The zero-order chi connectivity index (χ0) is 78.8. The van der Waals surface area contributed by atoms with E-state index in [0.717, 1.165) is 119 Å². The number of nitrogens with one attached hydrogen (secondary N) is 2. The van der Waals surface area contributed by atoms with Crippen molar-refractivity contribution < 1.29 is 47.7 Å². The van der Waals surface area contributed by atoms with Crippen LogP contribution in [0.25, 0.3) is 43.1 Å². The molecule has 2 fully saturated rings. The normalized spacial score (nSPS) is 15.6. The van der Waals surface area contributed by atoms with E-state index < -0.39 is 35.7 Å². The summed E-state index contributed by atoms with van der Waals surface area (Å²) in [6, 6.07) is 28.0. The summed E-state index contributed by atoms with van der Waals surface area (Å²) < 4.78 is 30.5. The molecular formula is C94H104N8O10. The molecule has 4 heterocycles. The van der Waals surface area contributed by atoms with Gasteiger partial charge in [0.1, 0.15) is 69.7 Å². The van der Waals surface area contributed by atoms with Crippen LogP contribution in [0.4, 0.5) is 0 Å². The summed E-state index contributed by atoms with van der Waals surface area (Å²) in [5.41, 5.74) is 7.85. The number of benzene rings is 9. The summed E-state index contributed by atoms with van der Waals surface area (Å²) in [6.45, 7) is 29.9. The van der Waals surface area contributed by atoms with E-state index in [2.05, 4.69) is 99.6 Å². The third-order valence-corrected chi connectivity index (χ3v) is 23.4. The van der Waals surface area contributed by atoms with Gasteiger partial charge in [-0.15, -0.1) is 0 Å². The number of carbonyl (C=O) groups is 6. The van der Waals surface area contributed by atoms with Crippen LogP contribution >= 0.6 is 0 Å². The fourth-order valence-electron chi connectivity index (χ4n) is 18.0. The van der Waals surface area contributed by atoms with E-state index in [1.165, 1.54) is 0 Å². The van der Waals surface area contributed by atoms with Gasteiger partial charge in [0.05, 0.1) is 22.3 Å². The number of hydrogen-bond acceptors (Lipinski definition) is 12. The number of rotatable bonds is 26. The van der Waals surface area contributed by atoms with Crippen molar-refractivity contribution in [2.75, 3.05) is 13.1 Å². The minimum Gasteiger partial charge on any atom is -0.457 e. The molecule has 15 rings (SSSR count). The first-order valence-corrected chi connectivity index (χ1v) is 40.7. The molecule has 2 saturated carbocycles. The van der Waals surface area contributed by atoms with Crippen LogP contribution in [-0.4, -0.2) is 112 Å². The quantitative estimate of drug-likeness (QED) is 0.0295. The topological polar surface area (TPSA) is 210 Å². The number of aryl methyl sites for hydroxylation is 4. The number of aromatic nitrogens is 4. The Kier molecular flexibility index (Phi) is 21.4. The molecule has 11 aromatic rings. The first-order chi connectivity index (χ1) is 53.9. The molecule has 0 radical (unpaired) electrons. The van der Waals surface area contributed by atoms with Gasteiger partial charge in [-0.2, -0.15) is 0 Å². The number of amides is 6. The van der Waals surface area contributed by atoms with Crippen LogP contribution in [0, 0.1) is 27.7 Å². The number of carbonyl (C=O) groups excluding carboxylic acids is 6. The smallest absolute Gasteiger partial charge is 0.262 e. The molecule has 9 aromatic carbocycles. The number of fused-ring (bicyclic) bond motifs is 2. The Morgan fingerprint density at radius 2 is 0.670 bits per heavy atom. The highest BCUT2D eigenvalue weighted by atomic mass is 16.5. The summed E-state index contributed by atoms with van der Waals surface area (Å²) >= 11 is 0. The maximum Gasteiger partial charge on any atom is 0.262 e. The van der Waals surface area contributed by atoms with Crippen LogP contribution in [0.1, 0.15) is 268 Å². The highest BCUT2D eigenvalue weighted by molar-refractivity contribution is 6.45. The van der Waals surface area contributed by atoms with Gasteiger partial charge < -0.3 is 38.7 Å². The van der Waals surface area contributed by atoms with Crippen LogP contribution in [0.3, 0.4) is 0 Å². The lowest BCUT2D eigenvalue weighted by Crippen LogP contribution is -2.57. The molecule has 2 N–H and O–H groups in total. The van der Waals surface area contributed by atoms with Gasteiger partial charge in [-0.3, -0.25) is 38.6 Å². The van der Waals surface area contributed by atoms with Crippen LogP contribution in [0.15, 0.2) is 122 Å². The fourth-order valence-corrected chi connectivity index (χ4v) is 18.0. The average molecular weight is 1510 g/mol. The fraction of sp³-hybridized carbons (Fsp3) is 0.404. The van der Waals surface area contributed by atoms with Crippen molar-refractivity contribution in [3.63, 3.8) is 0 Å². The van der Waals surface area contributed by atoms with Gasteiger partial charge in [0.2, 0.25) is 11.8 Å². The predicted molar refractivity (Wildman–Crippen MR) is 440 cm³/mol. The summed E-state index contributed by atoms with van der Waals surface area (Å²) in [6.07, 6.45) is 16.6. The van der Waals surface area contributed by atoms with E-state index >= 15 is 28.8 Å². The number of H-pyrrole nitrogens is 2. The molecular weight excluding hydrogens is 1400 g/mol. The zero-order valence-electron chi connectivity index (χ0n) is 67.2. The van der Waals surface area contributed by atoms with Gasteiger partial charge in [0.25, 0.3) is 23.6 Å². The molecule has 4 aliphatic rings. The minimum absolute atomic E-state index is 0.0536. The van der Waals surface area contributed by atoms with Gasteiger partial charge in [-0.05, 0) is 207 Å². The minimum atomic E-state index is -1.38. The Bertz CT molecular complexity index is 4910. The summed E-state index contributed by atoms with van der Waals surface area (Å²) in [7, 11) is 0. The Balaban J connectivity index is 1.12. The molecule has 2 unspecified atom stereocenters. The first-order valence-electron chi connectivity index (χ1n) is 40.7. The number of aromatic amines is 2. The van der Waals surface area contributed by atoms with E-state index in [9.17, 15) is 0 Å². The van der Waals surface area contributed by atoms with Crippen molar-refractivity contribution >= 4 is 78.5 Å². The van der Waals surface area contributed by atoms with Gasteiger partial charge >= 0.3 is 0 Å². The van der Waals surface area contributed by atoms with Crippen LogP contribution in [0.2, 0.25) is 0 Å². The second kappa shape index (κ2) is 31.4. The van der Waals surface area contributed by atoms with E-state index in [4.69, 9.17) is 18.9 Å². The van der Waals surface area contributed by atoms with Gasteiger partial charge in [0.15, 0.2) is 0 Å². The van der Waals surface area contributed by atoms with Crippen molar-refractivity contribution in [1.82, 2.24) is 39.5 Å². The molecule has 0 saturated heterocycles. The van der Waals surface area contributed by atoms with E-state index in [1.807, 2.05) is 99.9 Å². The standard InChI is InChI=1S/C94H104N8O10/c1-15-31-99(63-23-19-17-20-24-63)93(107)73(49-79-95-27-28-96-79)101-89(103)69-45-75(109-65-37-55(11)33-59(41-65)51(3)4)83-85-77(111-67-39-57(13)35-61(43-67)53(7)8)47-71-82-72(92(106)102(91(71)105)74(50-80-97-29-30-98-80)94(108)100(32-16-2)64-25-21-18-22-26-64)48-78(112-68-40-58(14)36-62(44-68)54(9)10)86(88(82)85)84-76(46-70(90(101)104)81(69)87(83)84)110-66-38-56(12)34-60(42-66)52(5)6/h27-30,33-48,51-54,63-64,73-74H,15-26,31-32,49-50H2,1-14H3,(H,95,96)(H,97,98). The second-order valence-corrected chi connectivity index (χ2v) is 33.2. The average Bonchev–Trinajstić information content (AvgIpc) is 0.677. The third kappa shape index (κ3) is 14.4. The number of nitrogens with zero attached hydrogens (tertiary/aromatic N) is 6. The molecule has 2 aromatic heterocycles. The van der Waals surface area contributed by atoms with Gasteiger partial charge in [-0.1, -0.05) is 132 Å². The van der Waals surface area contributed by atoms with E-state index in [-0.39, 0.29) is 116 Å². The van der Waals surface area contributed by atoms with Crippen molar-refractivity contribution in [3.8, 4) is 46.0 Å². The van der Waals surface area contributed by atoms with Gasteiger partial charge in [-0.25, -0.2) is 9.97 Å².